The summed E-state index contributed by atoms with van der Waals surface area (Å²) in [4.78, 5) is 12.1. The Hall–Kier alpha value is -2.99. The lowest BCUT2D eigenvalue weighted by atomic mass is 9.71. The Bertz CT molecular complexity index is 1020. The molecule has 0 spiro atoms. The molecule has 0 amide bonds. The minimum atomic E-state index is -0.277. The number of benzene rings is 1. The summed E-state index contributed by atoms with van der Waals surface area (Å²) in [5.41, 5.74) is 6.97. The molecule has 6 heteroatoms. The second-order valence-corrected chi connectivity index (χ2v) is 6.84. The number of thiazole rings is 1. The lowest BCUT2D eigenvalue weighted by Crippen LogP contribution is -2.30. The van der Waals surface area contributed by atoms with Crippen LogP contribution in [0.5, 0.6) is 0 Å². The standard InChI is InChI=1S/C19H15N5S/c1-2-4-13(5-3-1)19(16-11-25-12-22-16)7-6-14-15(10-19)23-24-17(14)18-20-8-9-21-18/h1-9,11-12H,10H2,(H,20,21)(H,23,24). The van der Waals surface area contributed by atoms with Gasteiger partial charge in [-0.2, -0.15) is 5.10 Å². The van der Waals surface area contributed by atoms with Crippen LogP contribution in [0.2, 0.25) is 0 Å². The van der Waals surface area contributed by atoms with Gasteiger partial charge in [-0.05, 0) is 5.56 Å². The van der Waals surface area contributed by atoms with Crippen LogP contribution in [0.25, 0.3) is 17.6 Å². The van der Waals surface area contributed by atoms with E-state index in [4.69, 9.17) is 0 Å². The molecule has 4 aromatic rings. The topological polar surface area (TPSA) is 70.2 Å². The maximum absolute atomic E-state index is 4.63. The average molecular weight is 345 g/mol. The van der Waals surface area contributed by atoms with Crippen LogP contribution < -0.4 is 0 Å². The van der Waals surface area contributed by atoms with Crippen molar-refractivity contribution >= 4 is 17.4 Å². The van der Waals surface area contributed by atoms with Crippen LogP contribution in [0.1, 0.15) is 22.5 Å². The maximum atomic E-state index is 4.63. The highest BCUT2D eigenvalue weighted by molar-refractivity contribution is 7.07. The van der Waals surface area contributed by atoms with Crippen LogP contribution >= 0.6 is 11.3 Å². The van der Waals surface area contributed by atoms with Crippen LogP contribution in [0.4, 0.5) is 0 Å². The third kappa shape index (κ3) is 2.18. The molecule has 0 fully saturated rings. The van der Waals surface area contributed by atoms with Crippen molar-refractivity contribution < 1.29 is 0 Å². The Kier molecular flexibility index (Phi) is 3.18. The Morgan fingerprint density at radius 1 is 1.12 bits per heavy atom. The molecule has 0 radical (unpaired) electrons. The SMILES string of the molecule is C1=CC(c2ccccc2)(c2cscn2)Cc2[nH]nc(-c3ncc[nH]3)c21. The highest BCUT2D eigenvalue weighted by atomic mass is 32.1. The molecule has 2 N–H and O–H groups in total. The molecule has 1 atom stereocenters. The first kappa shape index (κ1) is 14.4. The number of hydrogen-bond donors (Lipinski definition) is 2. The first-order chi connectivity index (χ1) is 12.4. The van der Waals surface area contributed by atoms with Gasteiger partial charge in [-0.1, -0.05) is 42.5 Å². The largest absolute Gasteiger partial charge is 0.343 e. The normalized spacial score (nSPS) is 19.0. The fraction of sp³-hybridized carbons (Fsp3) is 0.105. The van der Waals surface area contributed by atoms with Gasteiger partial charge in [0.15, 0.2) is 5.82 Å². The number of rotatable bonds is 3. The highest BCUT2D eigenvalue weighted by Crippen LogP contribution is 2.42. The number of nitrogens with zero attached hydrogens (tertiary/aromatic N) is 3. The van der Waals surface area contributed by atoms with E-state index >= 15 is 0 Å². The molecule has 5 rings (SSSR count). The van der Waals surface area contributed by atoms with E-state index in [0.29, 0.717) is 0 Å². The van der Waals surface area contributed by atoms with E-state index < -0.39 is 0 Å². The summed E-state index contributed by atoms with van der Waals surface area (Å²) in [6, 6.07) is 10.5. The zero-order valence-corrected chi connectivity index (χ0v) is 14.1. The molecule has 0 aliphatic heterocycles. The summed E-state index contributed by atoms with van der Waals surface area (Å²) in [6.07, 6.45) is 8.74. The Labute approximate surface area is 148 Å². The predicted octanol–water partition coefficient (Wildman–Crippen LogP) is 3.81. The Balaban J connectivity index is 1.66. The monoisotopic (exact) mass is 345 g/mol. The van der Waals surface area contributed by atoms with E-state index in [-0.39, 0.29) is 5.41 Å². The van der Waals surface area contributed by atoms with Gasteiger partial charge in [-0.15, -0.1) is 11.3 Å². The van der Waals surface area contributed by atoms with Crippen molar-refractivity contribution in [2.75, 3.05) is 0 Å². The molecule has 5 nitrogen and oxygen atoms in total. The van der Waals surface area contributed by atoms with Gasteiger partial charge < -0.3 is 4.98 Å². The number of allylic oxidation sites excluding steroid dienone is 1. The van der Waals surface area contributed by atoms with Gasteiger partial charge in [0.1, 0.15) is 5.69 Å². The molecular formula is C19H15N5S. The van der Waals surface area contributed by atoms with Crippen LogP contribution in [0.15, 0.2) is 59.7 Å². The molecular weight excluding hydrogens is 330 g/mol. The molecule has 1 aromatic carbocycles. The van der Waals surface area contributed by atoms with E-state index in [0.717, 1.165) is 34.9 Å². The van der Waals surface area contributed by atoms with Crippen molar-refractivity contribution in [1.82, 2.24) is 25.1 Å². The second kappa shape index (κ2) is 5.53. The van der Waals surface area contributed by atoms with E-state index in [2.05, 4.69) is 66.9 Å². The summed E-state index contributed by atoms with van der Waals surface area (Å²) in [6.45, 7) is 0. The zero-order valence-electron chi connectivity index (χ0n) is 13.3. The molecule has 0 saturated heterocycles. The van der Waals surface area contributed by atoms with Gasteiger partial charge in [-0.25, -0.2) is 9.97 Å². The van der Waals surface area contributed by atoms with Crippen LogP contribution in [-0.4, -0.2) is 25.1 Å². The van der Waals surface area contributed by atoms with Crippen LogP contribution in [0.3, 0.4) is 0 Å². The number of fused-ring (bicyclic) bond motifs is 1. The van der Waals surface area contributed by atoms with Crippen molar-refractivity contribution in [3.63, 3.8) is 0 Å². The minimum Gasteiger partial charge on any atom is -0.343 e. The predicted molar refractivity (Wildman–Crippen MR) is 98.2 cm³/mol. The van der Waals surface area contributed by atoms with Gasteiger partial charge in [0.05, 0.1) is 16.6 Å². The molecule has 1 aliphatic carbocycles. The summed E-state index contributed by atoms with van der Waals surface area (Å²) < 4.78 is 0. The van der Waals surface area contributed by atoms with E-state index in [1.807, 2.05) is 17.8 Å². The van der Waals surface area contributed by atoms with Crippen molar-refractivity contribution in [3.8, 4) is 11.5 Å². The van der Waals surface area contributed by atoms with E-state index in [9.17, 15) is 0 Å². The second-order valence-electron chi connectivity index (χ2n) is 6.12. The third-order valence-electron chi connectivity index (χ3n) is 4.77. The summed E-state index contributed by atoms with van der Waals surface area (Å²) >= 11 is 1.63. The molecule has 1 unspecified atom stereocenters. The first-order valence-corrected chi connectivity index (χ1v) is 9.01. The fourth-order valence-electron chi connectivity index (χ4n) is 3.53. The molecule has 0 saturated carbocycles. The maximum Gasteiger partial charge on any atom is 0.158 e. The lowest BCUT2D eigenvalue weighted by molar-refractivity contribution is 0.605. The highest BCUT2D eigenvalue weighted by Gasteiger charge is 2.38. The van der Waals surface area contributed by atoms with Gasteiger partial charge in [-0.3, -0.25) is 5.10 Å². The van der Waals surface area contributed by atoms with Crippen molar-refractivity contribution in [1.29, 1.82) is 0 Å². The molecule has 122 valence electrons. The van der Waals surface area contributed by atoms with Gasteiger partial charge in [0.2, 0.25) is 0 Å². The first-order valence-electron chi connectivity index (χ1n) is 8.07. The Morgan fingerprint density at radius 2 is 2.04 bits per heavy atom. The van der Waals surface area contributed by atoms with Crippen molar-refractivity contribution in [3.05, 3.63) is 82.2 Å². The quantitative estimate of drug-likeness (QED) is 0.593. The smallest absolute Gasteiger partial charge is 0.158 e. The molecule has 3 heterocycles. The summed E-state index contributed by atoms with van der Waals surface area (Å²) in [5, 5.41) is 9.84. The minimum absolute atomic E-state index is 0.277. The molecule has 3 aromatic heterocycles. The zero-order chi connectivity index (χ0) is 16.7. The number of hydrogen-bond acceptors (Lipinski definition) is 4. The van der Waals surface area contributed by atoms with Crippen molar-refractivity contribution in [2.45, 2.75) is 11.8 Å². The Morgan fingerprint density at radius 3 is 2.80 bits per heavy atom. The lowest BCUT2D eigenvalue weighted by Gasteiger charge is -2.32. The fourth-order valence-corrected chi connectivity index (χ4v) is 4.17. The van der Waals surface area contributed by atoms with Crippen LogP contribution in [-0.2, 0) is 11.8 Å². The van der Waals surface area contributed by atoms with E-state index in [1.54, 1.807) is 17.5 Å². The number of aromatic amines is 2. The van der Waals surface area contributed by atoms with Gasteiger partial charge in [0, 0.05) is 35.5 Å². The third-order valence-corrected chi connectivity index (χ3v) is 5.36. The number of nitrogens with one attached hydrogen (secondary N) is 2. The van der Waals surface area contributed by atoms with Gasteiger partial charge >= 0.3 is 0 Å². The molecule has 1 aliphatic rings. The summed E-state index contributed by atoms with van der Waals surface area (Å²) in [7, 11) is 0. The number of aromatic nitrogens is 5. The van der Waals surface area contributed by atoms with Crippen LogP contribution in [0, 0.1) is 0 Å². The molecule has 0 bridgehead atoms. The number of imidazole rings is 1. The van der Waals surface area contributed by atoms with E-state index in [1.165, 1.54) is 5.56 Å². The van der Waals surface area contributed by atoms with Gasteiger partial charge in [0.25, 0.3) is 0 Å². The summed E-state index contributed by atoms with van der Waals surface area (Å²) in [5.74, 6) is 0.781. The molecule has 25 heavy (non-hydrogen) atoms. The van der Waals surface area contributed by atoms with Crippen molar-refractivity contribution in [2.24, 2.45) is 0 Å². The number of H-pyrrole nitrogens is 2. The average Bonchev–Trinajstić information content (AvgIpc) is 3.42.